The Morgan fingerprint density at radius 1 is 0.624 bits per heavy atom. The Kier molecular flexibility index (Phi) is 29.9. The minimum Gasteiger partial charge on any atom is -0.459 e. The molecular formula is C61H100KNaO35S3+2. The van der Waals surface area contributed by atoms with E-state index in [1.165, 1.54) is 19.4 Å². The molecule has 9 aliphatic rings. The van der Waals surface area contributed by atoms with E-state index in [0.717, 1.165) is 31.9 Å². The molecule has 0 spiro atoms. The summed E-state index contributed by atoms with van der Waals surface area (Å²) in [7, 11) is -14.8. The average molecular weight is 1550 g/mol. The van der Waals surface area contributed by atoms with Gasteiger partial charge in [0.05, 0.1) is 38.6 Å². The van der Waals surface area contributed by atoms with Crippen LogP contribution >= 0.6 is 0 Å². The van der Waals surface area contributed by atoms with Gasteiger partial charge >= 0.3 is 118 Å². The summed E-state index contributed by atoms with van der Waals surface area (Å²) in [5.41, 5.74) is -0.796. The third-order valence-electron chi connectivity index (χ3n) is 22.8. The number of hydrogen-bond donors (Lipinski definition) is 13. The van der Waals surface area contributed by atoms with Crippen molar-refractivity contribution in [2.45, 2.75) is 280 Å². The van der Waals surface area contributed by atoms with Crippen molar-refractivity contribution in [1.82, 2.24) is 0 Å². The maximum Gasteiger partial charge on any atom is 1.00 e. The molecule has 4 aliphatic carbocycles. The summed E-state index contributed by atoms with van der Waals surface area (Å²) >= 11 is 0. The van der Waals surface area contributed by atoms with E-state index in [1.54, 1.807) is 6.92 Å². The van der Waals surface area contributed by atoms with Crippen LogP contribution in [0.1, 0.15) is 121 Å². The van der Waals surface area contributed by atoms with Crippen molar-refractivity contribution in [3.8, 4) is 0 Å². The average Bonchev–Trinajstić information content (AvgIpc) is 1.64. The molecule has 9 rings (SSSR count). The van der Waals surface area contributed by atoms with Crippen LogP contribution in [0.5, 0.6) is 0 Å². The Bertz CT molecular complexity index is 3220. The number of carbonyl (C=O) groups is 1. The van der Waals surface area contributed by atoms with Gasteiger partial charge in [-0.2, -0.15) is 25.3 Å². The van der Waals surface area contributed by atoms with Gasteiger partial charge in [-0.25, -0.2) is 12.5 Å². The second-order valence-corrected chi connectivity index (χ2v) is 32.7. The van der Waals surface area contributed by atoms with E-state index in [1.807, 2.05) is 19.9 Å². The number of esters is 1. The molecule has 5 aliphatic heterocycles. The first kappa shape index (κ1) is 88.6. The molecule has 0 radical (unpaired) electrons. The molecule has 32 atom stereocenters. The van der Waals surface area contributed by atoms with Crippen LogP contribution in [0.15, 0.2) is 23.3 Å². The fraction of sp³-hybridized carbons (Fsp3) is 0.918. The molecule has 8 fully saturated rings. The van der Waals surface area contributed by atoms with Crippen LogP contribution in [0.25, 0.3) is 0 Å². The fourth-order valence-corrected chi connectivity index (χ4v) is 18.6. The number of allylic oxidation sites excluding steroid dienone is 3. The number of aliphatic hydroxyl groups excluding tert-OH is 9. The zero-order valence-electron chi connectivity index (χ0n) is 58.8. The maximum atomic E-state index is 12.6. The molecule has 0 aromatic heterocycles. The molecule has 35 nitrogen and oxygen atoms in total. The molecule has 5 heterocycles. The summed E-state index contributed by atoms with van der Waals surface area (Å²) in [6.07, 6.45) is -37.8. The van der Waals surface area contributed by atoms with Crippen LogP contribution in [0.2, 0.25) is 0 Å². The van der Waals surface area contributed by atoms with E-state index >= 15 is 0 Å². The SMILES string of the molecule is CO[C@@H]1[C@@H](O)[C@H](O[C@@H]2[C@@H](O)[C@H](O[C@H]3[C@H](O)[C@@H](O[C@@H]4OC[C@@H](O)[C@H](O)[C@H]4O)[C@H](O[C@H]4[C@H](OC5CC[C@]6(C)C7=CC[C@]8(C)C([C@@](C)(O)[C@@H](CC=C(C)C)OC(C)=O)CC[C@@]8(C)C7CCC6C5(C)C)OC[C@@H](OS(=O)(=O)O)[C@@H]4O)O[C@@H]3C)O[C@H](COS(=O)(=O)O)[C@H]2O)O[C@H](COS(=O)(=O)O)[C@H]1O.[K+].[Na+]. The van der Waals surface area contributed by atoms with E-state index in [4.69, 9.17) is 61.0 Å². The summed E-state index contributed by atoms with van der Waals surface area (Å²) in [5.74, 6) is -0.635. The van der Waals surface area contributed by atoms with Crippen LogP contribution < -0.4 is 80.9 Å². The van der Waals surface area contributed by atoms with E-state index in [9.17, 15) is 94.8 Å². The standard InChI is InChI=1S/C61H100O35S3.K.Na/c1-26(2)12-15-38(88-28(4)62)61(10,72)36-17-21-59(8)30-13-14-35-57(5,6)37(18-19-58(35,7)29(30)16-20-60(36,59)9)91-55-50(42(67)34(23-84-55)96-99(79,80)81)95-56-51(94-52-43(68)39(64)31(63)22-83-52)44(69)47(27(3)87-56)92-54-46(71)49(41(66)33(90-54)25-86-98(76,77)78)93-53-45(70)48(82-11)40(65)32(89-53)24-85-97(73,74)75;;/h12,16,27,30-56,63-72H,13-15,17-25H2,1-11H3,(H,73,74,75)(H,76,77,78)(H,79,80,81);;/q;2*+1/t27-,30?,31-,32-,33-,34-,35?,36?,37?,38-,39+,40-,41-,42+,43-,44+,45-,46-,47-,48+,49+,50-,51-,52+,53+,54+,55+,56+,58-,59+,60-,61-;;/m1../s1. The molecule has 40 heteroatoms. The van der Waals surface area contributed by atoms with E-state index in [0.29, 0.717) is 32.1 Å². The minimum absolute atomic E-state index is 0. The minimum atomic E-state index is -5.33. The number of hydrogen-bond acceptors (Lipinski definition) is 32. The second-order valence-electron chi connectivity index (χ2n) is 29.5. The molecule has 572 valence electrons. The fourth-order valence-electron chi connectivity index (χ4n) is 17.5. The Morgan fingerprint density at radius 3 is 1.73 bits per heavy atom. The van der Waals surface area contributed by atoms with Gasteiger partial charge in [0, 0.05) is 20.5 Å². The van der Waals surface area contributed by atoms with Crippen molar-refractivity contribution in [2.75, 3.05) is 33.5 Å². The van der Waals surface area contributed by atoms with Gasteiger partial charge in [0.15, 0.2) is 31.5 Å². The van der Waals surface area contributed by atoms with Gasteiger partial charge in [0.25, 0.3) is 0 Å². The first-order valence-electron chi connectivity index (χ1n) is 33.0. The van der Waals surface area contributed by atoms with Crippen molar-refractivity contribution in [1.29, 1.82) is 0 Å². The number of ether oxygens (including phenoxy) is 12. The van der Waals surface area contributed by atoms with Gasteiger partial charge in [-0.15, -0.1) is 0 Å². The Balaban J connectivity index is 0.00000716. The van der Waals surface area contributed by atoms with Crippen molar-refractivity contribution in [3.05, 3.63) is 23.3 Å². The number of methoxy groups -OCH3 is 1. The maximum absolute atomic E-state index is 12.6. The number of carbonyl (C=O) groups excluding carboxylic acids is 1. The van der Waals surface area contributed by atoms with Gasteiger partial charge in [-0.3, -0.25) is 18.5 Å². The van der Waals surface area contributed by atoms with Crippen LogP contribution in [0, 0.1) is 39.4 Å². The number of aliphatic hydroxyl groups is 10. The third-order valence-corrected chi connectivity index (χ3v) is 24.2. The van der Waals surface area contributed by atoms with E-state index in [2.05, 4.69) is 49.1 Å². The number of rotatable bonds is 24. The topological polar surface area (TPSA) is 521 Å². The molecular weight excluding hydrogens is 1450 g/mol. The number of fused-ring (bicyclic) bond motifs is 5. The van der Waals surface area contributed by atoms with Crippen molar-refractivity contribution >= 4 is 37.2 Å². The van der Waals surface area contributed by atoms with Gasteiger partial charge < -0.3 is 108 Å². The largest absolute Gasteiger partial charge is 1.00 e. The molecule has 0 aromatic rings. The zero-order valence-corrected chi connectivity index (χ0v) is 66.4. The molecule has 101 heavy (non-hydrogen) atoms. The monoisotopic (exact) mass is 1550 g/mol. The predicted molar refractivity (Wildman–Crippen MR) is 331 cm³/mol. The van der Waals surface area contributed by atoms with Crippen molar-refractivity contribution in [3.63, 3.8) is 0 Å². The van der Waals surface area contributed by atoms with Gasteiger partial charge in [-0.1, -0.05) is 57.9 Å². The molecule has 4 unspecified atom stereocenters. The molecule has 13 N–H and O–H groups in total. The predicted octanol–water partition coefficient (Wildman–Crippen LogP) is -7.44. The smallest absolute Gasteiger partial charge is 0.459 e. The van der Waals surface area contributed by atoms with Crippen molar-refractivity contribution in [2.24, 2.45) is 39.4 Å². The Labute approximate surface area is 652 Å². The zero-order chi connectivity index (χ0) is 73.4. The van der Waals surface area contributed by atoms with Gasteiger partial charge in [-0.05, 0) is 112 Å². The van der Waals surface area contributed by atoms with Crippen LogP contribution in [0.4, 0.5) is 0 Å². The Hall–Kier alpha value is 0.356. The van der Waals surface area contributed by atoms with Gasteiger partial charge in [0.1, 0.15) is 115 Å². The first-order chi connectivity index (χ1) is 45.8. The summed E-state index contributed by atoms with van der Waals surface area (Å²) in [6.45, 7) is 15.5. The molecule has 0 bridgehead atoms. The van der Waals surface area contributed by atoms with Crippen LogP contribution in [-0.2, 0) is 105 Å². The summed E-state index contributed by atoms with van der Waals surface area (Å²) in [6, 6.07) is 0. The summed E-state index contributed by atoms with van der Waals surface area (Å²) in [4.78, 5) is 12.5. The van der Waals surface area contributed by atoms with Crippen molar-refractivity contribution < 1.29 is 245 Å². The molecule has 3 saturated carbocycles. The van der Waals surface area contributed by atoms with Crippen LogP contribution in [0.3, 0.4) is 0 Å². The molecule has 0 aromatic carbocycles. The molecule has 0 amide bonds. The van der Waals surface area contributed by atoms with E-state index in [-0.39, 0.29) is 110 Å². The van der Waals surface area contributed by atoms with Gasteiger partial charge in [0.2, 0.25) is 0 Å². The van der Waals surface area contributed by atoms with E-state index < -0.39 is 234 Å². The normalized spacial score (nSPS) is 45.1. The Morgan fingerprint density at radius 2 is 1.17 bits per heavy atom. The quantitative estimate of drug-likeness (QED) is 0.0140. The summed E-state index contributed by atoms with van der Waals surface area (Å²) < 4.78 is 186. The summed E-state index contributed by atoms with van der Waals surface area (Å²) in [5, 5.41) is 115. The first-order valence-corrected chi connectivity index (χ1v) is 37.1. The second kappa shape index (κ2) is 34.1. The third kappa shape index (κ3) is 18.9. The van der Waals surface area contributed by atoms with Crippen LogP contribution in [-0.4, -0.2) is 289 Å². The molecule has 5 saturated heterocycles.